The Labute approximate surface area is 181 Å². The molecule has 1 aliphatic heterocycles. The van der Waals surface area contributed by atoms with Gasteiger partial charge in [-0.15, -0.1) is 0 Å². The summed E-state index contributed by atoms with van der Waals surface area (Å²) in [5.41, 5.74) is 2.48. The van der Waals surface area contributed by atoms with Crippen LogP contribution in [0.5, 0.6) is 5.75 Å². The van der Waals surface area contributed by atoms with Crippen LogP contribution in [0.1, 0.15) is 44.0 Å². The number of benzene rings is 2. The van der Waals surface area contributed by atoms with Crippen LogP contribution in [0, 0.1) is 5.82 Å². The lowest BCUT2D eigenvalue weighted by Crippen LogP contribution is -2.36. The van der Waals surface area contributed by atoms with Gasteiger partial charge in [-0.1, -0.05) is 31.5 Å². The zero-order valence-corrected chi connectivity index (χ0v) is 17.9. The number of para-hydroxylation sites is 1. The van der Waals surface area contributed by atoms with Crippen LogP contribution in [0.2, 0.25) is 0 Å². The molecule has 0 bridgehead atoms. The molecule has 1 aromatic heterocycles. The molecule has 0 aliphatic carbocycles. The Bertz CT molecular complexity index is 1040. The number of hydrogen-bond acceptors (Lipinski definition) is 4. The van der Waals surface area contributed by atoms with Gasteiger partial charge in [0, 0.05) is 31.6 Å². The van der Waals surface area contributed by atoms with Crippen molar-refractivity contribution in [1.82, 2.24) is 20.2 Å². The predicted octanol–water partition coefficient (Wildman–Crippen LogP) is 4.16. The fourth-order valence-corrected chi connectivity index (χ4v) is 3.96. The highest BCUT2D eigenvalue weighted by atomic mass is 19.1. The van der Waals surface area contributed by atoms with Crippen LogP contribution in [0.25, 0.3) is 11.0 Å². The van der Waals surface area contributed by atoms with Crippen LogP contribution in [0.3, 0.4) is 0 Å². The zero-order chi connectivity index (χ0) is 21.6. The van der Waals surface area contributed by atoms with Gasteiger partial charge in [0.2, 0.25) is 5.91 Å². The van der Waals surface area contributed by atoms with Crippen molar-refractivity contribution < 1.29 is 13.9 Å². The van der Waals surface area contributed by atoms with Crippen molar-refractivity contribution >= 4 is 16.9 Å². The number of aromatic nitrogens is 2. The molecule has 2 N–H and O–H groups in total. The van der Waals surface area contributed by atoms with Gasteiger partial charge in [0.1, 0.15) is 23.5 Å². The van der Waals surface area contributed by atoms with Gasteiger partial charge in [-0.2, -0.15) is 0 Å². The first-order valence-electron chi connectivity index (χ1n) is 11.0. The number of rotatable bonds is 8. The molecular weight excluding hydrogens is 395 g/mol. The lowest BCUT2D eigenvalue weighted by molar-refractivity contribution is -0.121. The van der Waals surface area contributed by atoms with E-state index >= 15 is 0 Å². The lowest BCUT2D eigenvalue weighted by atomic mass is 10.1. The summed E-state index contributed by atoms with van der Waals surface area (Å²) in [4.78, 5) is 22.2. The Balaban J connectivity index is 1.31. The largest absolute Gasteiger partial charge is 0.489 e. The maximum Gasteiger partial charge on any atom is 0.221 e. The average molecular weight is 425 g/mol. The van der Waals surface area contributed by atoms with E-state index in [4.69, 9.17) is 4.74 Å². The van der Waals surface area contributed by atoms with Crippen LogP contribution in [-0.2, 0) is 17.9 Å². The minimum absolute atomic E-state index is 0.0322. The number of aromatic amines is 1. The number of hydrogen-bond donors (Lipinski definition) is 2. The third-order valence-corrected chi connectivity index (χ3v) is 5.60. The second-order valence-corrected chi connectivity index (χ2v) is 8.10. The number of fused-ring (bicyclic) bond motifs is 2. The molecule has 0 spiro atoms. The van der Waals surface area contributed by atoms with Gasteiger partial charge >= 0.3 is 0 Å². The highest BCUT2D eigenvalue weighted by Crippen LogP contribution is 2.26. The van der Waals surface area contributed by atoms with Gasteiger partial charge in [-0.05, 0) is 37.1 Å². The van der Waals surface area contributed by atoms with E-state index in [1.807, 2.05) is 18.2 Å². The number of nitrogens with zero attached hydrogens (tertiary/aromatic N) is 2. The van der Waals surface area contributed by atoms with Crippen molar-refractivity contribution in [2.45, 2.75) is 51.8 Å². The number of imidazole rings is 1. The predicted molar refractivity (Wildman–Crippen MR) is 118 cm³/mol. The van der Waals surface area contributed by atoms with E-state index in [9.17, 15) is 9.18 Å². The summed E-state index contributed by atoms with van der Waals surface area (Å²) in [6.07, 6.45) is 3.82. The summed E-state index contributed by atoms with van der Waals surface area (Å²) in [6, 6.07) is 12.6. The number of ether oxygens (including phenoxy) is 1. The quantitative estimate of drug-likeness (QED) is 0.570. The summed E-state index contributed by atoms with van der Waals surface area (Å²) in [5.74, 6) is 1.23. The topological polar surface area (TPSA) is 70.2 Å². The summed E-state index contributed by atoms with van der Waals surface area (Å²) in [7, 11) is 0. The number of unbranched alkanes of at least 4 members (excludes halogenated alkanes) is 1. The Morgan fingerprint density at radius 3 is 3.06 bits per heavy atom. The van der Waals surface area contributed by atoms with E-state index in [1.165, 1.54) is 12.1 Å². The molecule has 1 amide bonds. The van der Waals surface area contributed by atoms with Crippen molar-refractivity contribution in [1.29, 1.82) is 0 Å². The van der Waals surface area contributed by atoms with Crippen LogP contribution < -0.4 is 10.1 Å². The number of carbonyl (C=O) groups excluding carboxylic acids is 1. The molecule has 31 heavy (non-hydrogen) atoms. The maximum atomic E-state index is 13.3. The maximum absolute atomic E-state index is 13.3. The van der Waals surface area contributed by atoms with Crippen LogP contribution in [-0.4, -0.2) is 40.0 Å². The fraction of sp³-hybridized carbons (Fsp3) is 0.417. The van der Waals surface area contributed by atoms with E-state index in [0.29, 0.717) is 36.4 Å². The van der Waals surface area contributed by atoms with Crippen molar-refractivity contribution in [3.8, 4) is 5.75 Å². The van der Waals surface area contributed by atoms with Gasteiger partial charge in [0.05, 0.1) is 17.6 Å². The summed E-state index contributed by atoms with van der Waals surface area (Å²) in [6.45, 7) is 4.74. The Morgan fingerprint density at radius 1 is 1.32 bits per heavy atom. The zero-order valence-electron chi connectivity index (χ0n) is 17.9. The molecule has 1 aliphatic rings. The molecular formula is C24H29FN4O2. The van der Waals surface area contributed by atoms with Crippen LogP contribution in [0.15, 0.2) is 42.5 Å². The molecule has 6 nitrogen and oxygen atoms in total. The first-order valence-corrected chi connectivity index (χ1v) is 11.0. The monoisotopic (exact) mass is 424 g/mol. The van der Waals surface area contributed by atoms with E-state index in [-0.39, 0.29) is 17.8 Å². The van der Waals surface area contributed by atoms with Crippen LogP contribution >= 0.6 is 0 Å². The van der Waals surface area contributed by atoms with Gasteiger partial charge in [0.25, 0.3) is 0 Å². The molecule has 3 aromatic rings. The molecule has 164 valence electrons. The number of amides is 1. The SMILES string of the molecule is CCCCC1CN(CCC(=O)NCc2nc3ccc(F)cc3[nH]2)Cc2ccccc2O1. The van der Waals surface area contributed by atoms with E-state index in [1.54, 1.807) is 6.07 Å². The number of halogens is 1. The fourth-order valence-electron chi connectivity index (χ4n) is 3.96. The second-order valence-electron chi connectivity index (χ2n) is 8.10. The molecule has 0 fully saturated rings. The molecule has 1 unspecified atom stereocenters. The second kappa shape index (κ2) is 9.92. The summed E-state index contributed by atoms with van der Waals surface area (Å²) < 4.78 is 19.6. The van der Waals surface area contributed by atoms with Gasteiger partial charge < -0.3 is 15.0 Å². The number of nitrogens with one attached hydrogen (secondary N) is 2. The van der Waals surface area contributed by atoms with Crippen molar-refractivity contribution in [2.75, 3.05) is 13.1 Å². The standard InChI is InChI=1S/C24H29FN4O2/c1-2-3-7-19-16-29(15-17-6-4-5-8-22(17)31-19)12-11-24(30)26-14-23-27-20-10-9-18(25)13-21(20)28-23/h4-6,8-10,13,19H,2-3,7,11-12,14-16H2,1H3,(H,26,30)(H,27,28). The van der Waals surface area contributed by atoms with E-state index in [2.05, 4.69) is 33.2 Å². The normalized spacial score (nSPS) is 16.5. The molecule has 4 rings (SSSR count). The Kier molecular flexibility index (Phi) is 6.82. The molecule has 7 heteroatoms. The number of carbonyl (C=O) groups is 1. The first kappa shape index (κ1) is 21.3. The minimum Gasteiger partial charge on any atom is -0.489 e. The van der Waals surface area contributed by atoms with Crippen molar-refractivity contribution in [3.63, 3.8) is 0 Å². The van der Waals surface area contributed by atoms with Crippen molar-refractivity contribution in [3.05, 3.63) is 59.7 Å². The minimum atomic E-state index is -0.313. The first-order chi connectivity index (χ1) is 15.1. The summed E-state index contributed by atoms with van der Waals surface area (Å²) in [5, 5.41) is 2.91. The third kappa shape index (κ3) is 5.61. The van der Waals surface area contributed by atoms with Gasteiger partial charge in [-0.3, -0.25) is 9.69 Å². The molecule has 0 saturated carbocycles. The smallest absolute Gasteiger partial charge is 0.221 e. The van der Waals surface area contributed by atoms with Crippen LogP contribution in [0.4, 0.5) is 4.39 Å². The lowest BCUT2D eigenvalue weighted by Gasteiger charge is -2.23. The molecule has 1 atom stereocenters. The molecule has 2 aromatic carbocycles. The third-order valence-electron chi connectivity index (χ3n) is 5.60. The van der Waals surface area contributed by atoms with Crippen molar-refractivity contribution in [2.24, 2.45) is 0 Å². The highest BCUT2D eigenvalue weighted by Gasteiger charge is 2.22. The summed E-state index contributed by atoms with van der Waals surface area (Å²) >= 11 is 0. The van der Waals surface area contributed by atoms with E-state index in [0.717, 1.165) is 43.7 Å². The average Bonchev–Trinajstić information content (AvgIpc) is 3.07. The Morgan fingerprint density at radius 2 is 2.19 bits per heavy atom. The molecule has 2 heterocycles. The number of H-pyrrole nitrogens is 1. The molecule has 0 saturated heterocycles. The highest BCUT2D eigenvalue weighted by molar-refractivity contribution is 5.77. The Hall–Kier alpha value is -2.93. The van der Waals surface area contributed by atoms with E-state index < -0.39 is 0 Å². The molecule has 0 radical (unpaired) electrons. The van der Waals surface area contributed by atoms with Gasteiger partial charge in [0.15, 0.2) is 0 Å². The van der Waals surface area contributed by atoms with Gasteiger partial charge in [-0.25, -0.2) is 9.37 Å².